The molecule has 4 aromatic carbocycles. The van der Waals surface area contributed by atoms with Gasteiger partial charge in [-0.25, -0.2) is 9.97 Å². The van der Waals surface area contributed by atoms with Crippen LogP contribution in [0.5, 0.6) is 0 Å². The van der Waals surface area contributed by atoms with Crippen molar-refractivity contribution in [1.29, 1.82) is 0 Å². The molecule has 0 bridgehead atoms. The Labute approximate surface area is 224 Å². The molecule has 0 radical (unpaired) electrons. The summed E-state index contributed by atoms with van der Waals surface area (Å²) >= 11 is 0. The summed E-state index contributed by atoms with van der Waals surface area (Å²) in [5, 5.41) is 12.4. The van der Waals surface area contributed by atoms with E-state index >= 15 is 0 Å². The standard InChI is InChI=1S/C34H34N4/c1-3-23-13-11-17-27-31(23)37-29-19-7-5-15-25(29)33(27)35-21-9-10-22-36-34-26-16-6-8-20-30(26)38-32-24(4-2)14-12-18-28(32)34/h5-8,11-20H,3-4,9-10,21-22H2,1-2H3,(H,35,37)(H,36,38). The molecule has 0 saturated heterocycles. The van der Waals surface area contributed by atoms with Crippen LogP contribution in [0.3, 0.4) is 0 Å². The molecule has 0 amide bonds. The molecule has 6 aromatic rings. The number of hydrogen-bond acceptors (Lipinski definition) is 4. The van der Waals surface area contributed by atoms with Crippen LogP contribution < -0.4 is 10.6 Å². The maximum atomic E-state index is 5.01. The van der Waals surface area contributed by atoms with Crippen LogP contribution in [0, 0.1) is 0 Å². The van der Waals surface area contributed by atoms with Gasteiger partial charge in [0.1, 0.15) is 0 Å². The molecule has 0 aliphatic rings. The monoisotopic (exact) mass is 498 g/mol. The maximum absolute atomic E-state index is 5.01. The van der Waals surface area contributed by atoms with Crippen LogP contribution in [-0.2, 0) is 12.8 Å². The van der Waals surface area contributed by atoms with Crippen molar-refractivity contribution in [2.75, 3.05) is 23.7 Å². The van der Waals surface area contributed by atoms with Crippen molar-refractivity contribution in [3.8, 4) is 0 Å². The summed E-state index contributed by atoms with van der Waals surface area (Å²) in [6.45, 7) is 6.23. The Kier molecular flexibility index (Phi) is 6.78. The Hall–Kier alpha value is -4.18. The summed E-state index contributed by atoms with van der Waals surface area (Å²) in [7, 11) is 0. The van der Waals surface area contributed by atoms with Gasteiger partial charge in [0, 0.05) is 34.6 Å². The van der Waals surface area contributed by atoms with Crippen molar-refractivity contribution in [1.82, 2.24) is 9.97 Å². The van der Waals surface area contributed by atoms with Crippen molar-refractivity contribution in [2.24, 2.45) is 0 Å². The lowest BCUT2D eigenvalue weighted by Gasteiger charge is -2.16. The highest BCUT2D eigenvalue weighted by atomic mass is 14.9. The minimum absolute atomic E-state index is 0.916. The van der Waals surface area contributed by atoms with Gasteiger partial charge in [-0.1, -0.05) is 86.6 Å². The van der Waals surface area contributed by atoms with E-state index in [2.05, 4.69) is 109 Å². The topological polar surface area (TPSA) is 49.8 Å². The van der Waals surface area contributed by atoms with Crippen LogP contribution >= 0.6 is 0 Å². The molecule has 2 aromatic heterocycles. The van der Waals surface area contributed by atoms with E-state index in [0.717, 1.165) is 60.8 Å². The van der Waals surface area contributed by atoms with Crippen molar-refractivity contribution < 1.29 is 0 Å². The van der Waals surface area contributed by atoms with E-state index in [1.807, 2.05) is 0 Å². The van der Waals surface area contributed by atoms with Crippen LogP contribution in [0.25, 0.3) is 43.6 Å². The van der Waals surface area contributed by atoms with Gasteiger partial charge in [-0.15, -0.1) is 0 Å². The van der Waals surface area contributed by atoms with Gasteiger partial charge in [0.15, 0.2) is 0 Å². The first-order valence-corrected chi connectivity index (χ1v) is 13.9. The number of unbranched alkanes of at least 4 members (excludes halogenated alkanes) is 1. The normalized spacial score (nSPS) is 11.5. The average Bonchev–Trinajstić information content (AvgIpc) is 2.97. The van der Waals surface area contributed by atoms with Crippen molar-refractivity contribution >= 4 is 55.0 Å². The number of aromatic nitrogens is 2. The quantitative estimate of drug-likeness (QED) is 0.155. The van der Waals surface area contributed by atoms with Gasteiger partial charge >= 0.3 is 0 Å². The molecule has 0 aliphatic carbocycles. The van der Waals surface area contributed by atoms with Gasteiger partial charge < -0.3 is 10.6 Å². The van der Waals surface area contributed by atoms with Crippen LogP contribution in [0.15, 0.2) is 84.9 Å². The molecule has 0 spiro atoms. The van der Waals surface area contributed by atoms with Crippen molar-refractivity contribution in [3.63, 3.8) is 0 Å². The first-order chi connectivity index (χ1) is 18.8. The number of nitrogens with zero attached hydrogens (tertiary/aromatic N) is 2. The van der Waals surface area contributed by atoms with Crippen LogP contribution in [0.4, 0.5) is 11.4 Å². The minimum atomic E-state index is 0.916. The van der Waals surface area contributed by atoms with E-state index in [0.29, 0.717) is 0 Å². The van der Waals surface area contributed by atoms with E-state index in [4.69, 9.17) is 9.97 Å². The summed E-state index contributed by atoms with van der Waals surface area (Å²) in [4.78, 5) is 10.0. The lowest BCUT2D eigenvalue weighted by atomic mass is 10.0. The summed E-state index contributed by atoms with van der Waals surface area (Å²) in [6.07, 6.45) is 4.09. The lowest BCUT2D eigenvalue weighted by Crippen LogP contribution is -2.08. The van der Waals surface area contributed by atoms with Gasteiger partial charge in [0.25, 0.3) is 0 Å². The number of nitrogens with one attached hydrogen (secondary N) is 2. The predicted molar refractivity (Wildman–Crippen MR) is 163 cm³/mol. The number of fused-ring (bicyclic) bond motifs is 4. The molecule has 2 N–H and O–H groups in total. The largest absolute Gasteiger partial charge is 0.384 e. The van der Waals surface area contributed by atoms with Crippen molar-refractivity contribution in [3.05, 3.63) is 96.1 Å². The van der Waals surface area contributed by atoms with Gasteiger partial charge in [0.2, 0.25) is 0 Å². The second-order valence-electron chi connectivity index (χ2n) is 9.90. The van der Waals surface area contributed by atoms with Gasteiger partial charge in [0.05, 0.1) is 33.4 Å². The second-order valence-corrected chi connectivity index (χ2v) is 9.90. The molecule has 6 rings (SSSR count). The minimum Gasteiger partial charge on any atom is -0.384 e. The summed E-state index contributed by atoms with van der Waals surface area (Å²) in [5.74, 6) is 0. The van der Waals surface area contributed by atoms with Crippen molar-refractivity contribution in [2.45, 2.75) is 39.5 Å². The number of para-hydroxylation sites is 4. The number of hydrogen-bond donors (Lipinski definition) is 2. The van der Waals surface area contributed by atoms with Crippen LogP contribution in [0.1, 0.15) is 37.8 Å². The smallest absolute Gasteiger partial charge is 0.0762 e. The van der Waals surface area contributed by atoms with Crippen LogP contribution in [0.2, 0.25) is 0 Å². The van der Waals surface area contributed by atoms with E-state index in [1.54, 1.807) is 0 Å². The third-order valence-electron chi connectivity index (χ3n) is 7.56. The SMILES string of the molecule is CCc1cccc2c(NCCCCNc3c4ccccc4nc4c(CC)cccc34)c3ccccc3nc12. The van der Waals surface area contributed by atoms with Gasteiger partial charge in [-0.3, -0.25) is 0 Å². The Bertz CT molecular complexity index is 1620. The number of pyridine rings is 2. The highest BCUT2D eigenvalue weighted by Crippen LogP contribution is 2.34. The van der Waals surface area contributed by atoms with E-state index in [9.17, 15) is 0 Å². The first-order valence-electron chi connectivity index (χ1n) is 13.9. The summed E-state index contributed by atoms with van der Waals surface area (Å²) in [5.41, 5.74) is 9.31. The predicted octanol–water partition coefficient (Wildman–Crippen LogP) is 8.52. The van der Waals surface area contributed by atoms with Crippen LogP contribution in [-0.4, -0.2) is 23.1 Å². The van der Waals surface area contributed by atoms with E-state index in [1.165, 1.54) is 44.0 Å². The molecular formula is C34H34N4. The van der Waals surface area contributed by atoms with E-state index in [-0.39, 0.29) is 0 Å². The Morgan fingerprint density at radius 1 is 0.500 bits per heavy atom. The van der Waals surface area contributed by atoms with E-state index < -0.39 is 0 Å². The fraction of sp³-hybridized carbons (Fsp3) is 0.235. The summed E-state index contributed by atoms with van der Waals surface area (Å²) in [6, 6.07) is 30.0. The maximum Gasteiger partial charge on any atom is 0.0762 e. The lowest BCUT2D eigenvalue weighted by molar-refractivity contribution is 0.797. The number of benzene rings is 4. The number of anilines is 2. The zero-order valence-corrected chi connectivity index (χ0v) is 22.2. The third kappa shape index (κ3) is 4.41. The fourth-order valence-electron chi connectivity index (χ4n) is 5.57. The molecule has 0 fully saturated rings. The molecule has 0 saturated carbocycles. The molecule has 2 heterocycles. The fourth-order valence-corrected chi connectivity index (χ4v) is 5.57. The van der Waals surface area contributed by atoms with Gasteiger partial charge in [-0.2, -0.15) is 0 Å². The zero-order chi connectivity index (χ0) is 25.9. The number of rotatable bonds is 9. The second kappa shape index (κ2) is 10.7. The zero-order valence-electron chi connectivity index (χ0n) is 22.2. The first kappa shape index (κ1) is 24.2. The Balaban J connectivity index is 1.20. The molecule has 0 unspecified atom stereocenters. The molecule has 190 valence electrons. The number of aryl methyl sites for hydroxylation is 2. The molecule has 38 heavy (non-hydrogen) atoms. The Morgan fingerprint density at radius 3 is 1.37 bits per heavy atom. The highest BCUT2D eigenvalue weighted by molar-refractivity contribution is 6.09. The Morgan fingerprint density at radius 2 is 0.921 bits per heavy atom. The highest BCUT2D eigenvalue weighted by Gasteiger charge is 2.12. The molecule has 4 heteroatoms. The van der Waals surface area contributed by atoms with Gasteiger partial charge in [-0.05, 0) is 48.9 Å². The molecule has 4 nitrogen and oxygen atoms in total. The summed E-state index contributed by atoms with van der Waals surface area (Å²) < 4.78 is 0. The molecular weight excluding hydrogens is 464 g/mol. The third-order valence-corrected chi connectivity index (χ3v) is 7.56. The average molecular weight is 499 g/mol. The molecule has 0 aliphatic heterocycles. The molecule has 0 atom stereocenters.